The van der Waals surface area contributed by atoms with E-state index in [1.807, 2.05) is 31.2 Å². The summed E-state index contributed by atoms with van der Waals surface area (Å²) in [5, 5.41) is 5.47. The fraction of sp³-hybridized carbons (Fsp3) is 0.176. The van der Waals surface area contributed by atoms with E-state index in [2.05, 4.69) is 10.6 Å². The van der Waals surface area contributed by atoms with Gasteiger partial charge in [0.15, 0.2) is 0 Å². The molecule has 0 saturated carbocycles. The molecule has 2 amide bonds. The van der Waals surface area contributed by atoms with Gasteiger partial charge in [-0.25, -0.2) is 0 Å². The molecular formula is C17H18N2O3. The van der Waals surface area contributed by atoms with Crippen molar-refractivity contribution in [2.75, 3.05) is 17.7 Å². The topological polar surface area (TPSA) is 67.4 Å². The van der Waals surface area contributed by atoms with E-state index < -0.39 is 0 Å². The second kappa shape index (κ2) is 6.76. The minimum absolute atomic E-state index is 0.199. The molecular weight excluding hydrogens is 280 g/mol. The predicted octanol–water partition coefficient (Wildman–Crippen LogP) is 3.21. The molecule has 0 unspecified atom stereocenters. The standard InChI is InChI=1S/C17H18N2O3/c1-11-5-4-6-13(9-11)19-17(21)15-10-14(18-12(2)20)7-8-16(15)22-3/h4-10H,1-3H3,(H,18,20)(H,19,21). The van der Waals surface area contributed by atoms with E-state index in [1.165, 1.54) is 14.0 Å². The van der Waals surface area contributed by atoms with Crippen molar-refractivity contribution in [2.45, 2.75) is 13.8 Å². The molecule has 5 heteroatoms. The number of rotatable bonds is 4. The fourth-order valence-corrected chi connectivity index (χ4v) is 2.09. The van der Waals surface area contributed by atoms with Crippen LogP contribution in [0.3, 0.4) is 0 Å². The maximum atomic E-state index is 12.4. The summed E-state index contributed by atoms with van der Waals surface area (Å²) in [6.07, 6.45) is 0. The first-order valence-electron chi connectivity index (χ1n) is 6.83. The Balaban J connectivity index is 2.28. The number of ether oxygens (including phenoxy) is 1. The van der Waals surface area contributed by atoms with E-state index in [4.69, 9.17) is 4.74 Å². The molecule has 0 aromatic heterocycles. The fourth-order valence-electron chi connectivity index (χ4n) is 2.09. The van der Waals surface area contributed by atoms with Gasteiger partial charge in [0.2, 0.25) is 5.91 Å². The lowest BCUT2D eigenvalue weighted by atomic mass is 10.1. The predicted molar refractivity (Wildman–Crippen MR) is 86.4 cm³/mol. The molecule has 5 nitrogen and oxygen atoms in total. The molecule has 0 atom stereocenters. The van der Waals surface area contributed by atoms with E-state index in [1.54, 1.807) is 18.2 Å². The average molecular weight is 298 g/mol. The molecule has 0 aliphatic heterocycles. The van der Waals surface area contributed by atoms with Crippen LogP contribution >= 0.6 is 0 Å². The Hall–Kier alpha value is -2.82. The van der Waals surface area contributed by atoms with Gasteiger partial charge in [0.1, 0.15) is 5.75 Å². The third-order valence-corrected chi connectivity index (χ3v) is 3.04. The largest absolute Gasteiger partial charge is 0.496 e. The highest BCUT2D eigenvalue weighted by atomic mass is 16.5. The lowest BCUT2D eigenvalue weighted by Crippen LogP contribution is -2.14. The lowest BCUT2D eigenvalue weighted by molar-refractivity contribution is -0.114. The highest BCUT2D eigenvalue weighted by Crippen LogP contribution is 2.24. The van der Waals surface area contributed by atoms with Gasteiger partial charge < -0.3 is 15.4 Å². The zero-order chi connectivity index (χ0) is 16.1. The quantitative estimate of drug-likeness (QED) is 0.910. The summed E-state index contributed by atoms with van der Waals surface area (Å²) in [6, 6.07) is 12.4. The average Bonchev–Trinajstić information content (AvgIpc) is 2.46. The Kier molecular flexibility index (Phi) is 4.78. The molecule has 2 N–H and O–H groups in total. The first kappa shape index (κ1) is 15.6. The number of amides is 2. The van der Waals surface area contributed by atoms with Crippen molar-refractivity contribution in [1.29, 1.82) is 0 Å². The summed E-state index contributed by atoms with van der Waals surface area (Å²) in [5.41, 5.74) is 2.66. The molecule has 2 aromatic carbocycles. The zero-order valence-electron chi connectivity index (χ0n) is 12.8. The minimum Gasteiger partial charge on any atom is -0.496 e. The summed E-state index contributed by atoms with van der Waals surface area (Å²) < 4.78 is 5.21. The van der Waals surface area contributed by atoms with E-state index in [0.717, 1.165) is 5.56 Å². The molecule has 2 aromatic rings. The number of hydrogen-bond acceptors (Lipinski definition) is 3. The van der Waals surface area contributed by atoms with Gasteiger partial charge >= 0.3 is 0 Å². The number of methoxy groups -OCH3 is 1. The van der Waals surface area contributed by atoms with Crippen molar-refractivity contribution in [2.24, 2.45) is 0 Å². The SMILES string of the molecule is COc1ccc(NC(C)=O)cc1C(=O)Nc1cccc(C)c1. The Morgan fingerprint density at radius 1 is 1.00 bits per heavy atom. The van der Waals surface area contributed by atoms with Gasteiger partial charge in [0.25, 0.3) is 5.91 Å². The van der Waals surface area contributed by atoms with Gasteiger partial charge in [0, 0.05) is 18.3 Å². The van der Waals surface area contributed by atoms with Gasteiger partial charge in [-0.15, -0.1) is 0 Å². The second-order valence-electron chi connectivity index (χ2n) is 4.92. The normalized spacial score (nSPS) is 9.95. The molecule has 0 aliphatic carbocycles. The molecule has 0 spiro atoms. The summed E-state index contributed by atoms with van der Waals surface area (Å²) in [7, 11) is 1.50. The van der Waals surface area contributed by atoms with Crippen molar-refractivity contribution in [3.05, 3.63) is 53.6 Å². The summed E-state index contributed by atoms with van der Waals surface area (Å²) in [5.74, 6) is -0.0517. The third-order valence-electron chi connectivity index (χ3n) is 3.04. The lowest BCUT2D eigenvalue weighted by Gasteiger charge is -2.12. The Labute approximate surface area is 129 Å². The van der Waals surface area contributed by atoms with Crippen LogP contribution in [0.15, 0.2) is 42.5 Å². The zero-order valence-corrected chi connectivity index (χ0v) is 12.8. The van der Waals surface area contributed by atoms with Crippen molar-refractivity contribution in [3.8, 4) is 5.75 Å². The monoisotopic (exact) mass is 298 g/mol. The van der Waals surface area contributed by atoms with Crippen LogP contribution in [0.5, 0.6) is 5.75 Å². The van der Waals surface area contributed by atoms with Gasteiger partial charge in [-0.3, -0.25) is 9.59 Å². The molecule has 22 heavy (non-hydrogen) atoms. The van der Waals surface area contributed by atoms with E-state index in [9.17, 15) is 9.59 Å². The van der Waals surface area contributed by atoms with Crippen molar-refractivity contribution < 1.29 is 14.3 Å². The molecule has 0 saturated heterocycles. The van der Waals surface area contributed by atoms with E-state index in [0.29, 0.717) is 22.7 Å². The van der Waals surface area contributed by atoms with Crippen LogP contribution in [-0.4, -0.2) is 18.9 Å². The number of anilines is 2. The van der Waals surface area contributed by atoms with Crippen molar-refractivity contribution in [3.63, 3.8) is 0 Å². The first-order chi connectivity index (χ1) is 10.5. The van der Waals surface area contributed by atoms with Crippen LogP contribution in [0.2, 0.25) is 0 Å². The van der Waals surface area contributed by atoms with Gasteiger partial charge in [0.05, 0.1) is 12.7 Å². The molecule has 0 radical (unpaired) electrons. The number of carbonyl (C=O) groups is 2. The summed E-state index contributed by atoms with van der Waals surface area (Å²) >= 11 is 0. The highest BCUT2D eigenvalue weighted by molar-refractivity contribution is 6.07. The van der Waals surface area contributed by atoms with Crippen LogP contribution in [-0.2, 0) is 4.79 Å². The van der Waals surface area contributed by atoms with Crippen LogP contribution in [0.25, 0.3) is 0 Å². The van der Waals surface area contributed by atoms with Crippen molar-refractivity contribution >= 4 is 23.2 Å². The van der Waals surface area contributed by atoms with Crippen LogP contribution in [0, 0.1) is 6.92 Å². The molecule has 0 aliphatic rings. The maximum absolute atomic E-state index is 12.4. The maximum Gasteiger partial charge on any atom is 0.259 e. The second-order valence-corrected chi connectivity index (χ2v) is 4.92. The Morgan fingerprint density at radius 2 is 1.73 bits per heavy atom. The Bertz CT molecular complexity index is 711. The van der Waals surface area contributed by atoms with Crippen LogP contribution < -0.4 is 15.4 Å². The summed E-state index contributed by atoms with van der Waals surface area (Å²) in [6.45, 7) is 3.37. The van der Waals surface area contributed by atoms with E-state index >= 15 is 0 Å². The number of aryl methyl sites for hydroxylation is 1. The number of hydrogen-bond donors (Lipinski definition) is 2. The first-order valence-corrected chi connectivity index (χ1v) is 6.83. The smallest absolute Gasteiger partial charge is 0.259 e. The van der Waals surface area contributed by atoms with Gasteiger partial charge in [-0.2, -0.15) is 0 Å². The minimum atomic E-state index is -0.297. The Morgan fingerprint density at radius 3 is 2.36 bits per heavy atom. The summed E-state index contributed by atoms with van der Waals surface area (Å²) in [4.78, 5) is 23.6. The van der Waals surface area contributed by atoms with Gasteiger partial charge in [-0.1, -0.05) is 12.1 Å². The number of benzene rings is 2. The molecule has 114 valence electrons. The van der Waals surface area contributed by atoms with Crippen molar-refractivity contribution in [1.82, 2.24) is 0 Å². The van der Waals surface area contributed by atoms with E-state index in [-0.39, 0.29) is 11.8 Å². The van der Waals surface area contributed by atoms with Crippen LogP contribution in [0.4, 0.5) is 11.4 Å². The third kappa shape index (κ3) is 3.85. The molecule has 0 bridgehead atoms. The highest BCUT2D eigenvalue weighted by Gasteiger charge is 2.14. The number of carbonyl (C=O) groups excluding carboxylic acids is 2. The van der Waals surface area contributed by atoms with Gasteiger partial charge in [-0.05, 0) is 42.8 Å². The molecule has 0 heterocycles. The molecule has 2 rings (SSSR count). The molecule has 0 fully saturated rings. The van der Waals surface area contributed by atoms with Crippen LogP contribution in [0.1, 0.15) is 22.8 Å². The number of nitrogens with one attached hydrogen (secondary N) is 2.